The van der Waals surface area contributed by atoms with Crippen LogP contribution in [-0.4, -0.2) is 42.7 Å². The summed E-state index contributed by atoms with van der Waals surface area (Å²) >= 11 is 5.91. The number of amides is 1. The number of halogens is 1. The van der Waals surface area contributed by atoms with Gasteiger partial charge in [-0.3, -0.25) is 4.79 Å². The molecule has 0 saturated carbocycles. The van der Waals surface area contributed by atoms with Crippen LogP contribution >= 0.6 is 11.6 Å². The van der Waals surface area contributed by atoms with Gasteiger partial charge in [-0.1, -0.05) is 11.6 Å². The highest BCUT2D eigenvalue weighted by Gasteiger charge is 2.12. The zero-order valence-electron chi connectivity index (χ0n) is 11.3. The fourth-order valence-corrected chi connectivity index (χ4v) is 1.63. The molecule has 4 nitrogen and oxygen atoms in total. The number of rotatable bonds is 5. The van der Waals surface area contributed by atoms with E-state index in [1.807, 2.05) is 0 Å². The van der Waals surface area contributed by atoms with Crippen LogP contribution in [0, 0.1) is 0 Å². The summed E-state index contributed by atoms with van der Waals surface area (Å²) in [6, 6.07) is 4.96. The van der Waals surface area contributed by atoms with Crippen molar-refractivity contribution in [2.45, 2.75) is 13.0 Å². The van der Waals surface area contributed by atoms with Gasteiger partial charge in [0.25, 0.3) is 0 Å². The van der Waals surface area contributed by atoms with Gasteiger partial charge >= 0.3 is 0 Å². The molecule has 104 valence electrons. The number of aliphatic hydroxyl groups excluding tert-OH is 1. The first-order chi connectivity index (χ1) is 8.99. The molecule has 1 aromatic carbocycles. The number of methoxy groups -OCH3 is 1. The Morgan fingerprint density at radius 2 is 2.26 bits per heavy atom. The summed E-state index contributed by atoms with van der Waals surface area (Å²) in [5.41, 5.74) is 0.730. The Bertz CT molecular complexity index is 474. The largest absolute Gasteiger partial charge is 0.496 e. The van der Waals surface area contributed by atoms with Gasteiger partial charge in [0.15, 0.2) is 0 Å². The molecule has 0 aromatic heterocycles. The van der Waals surface area contributed by atoms with Gasteiger partial charge in [0, 0.05) is 23.7 Å². The SMILES string of the molecule is COc1ccc(Cl)cc1C=CC(=O)N(C)[C@H](C)CO. The Morgan fingerprint density at radius 1 is 1.58 bits per heavy atom. The van der Waals surface area contributed by atoms with Gasteiger partial charge in [0.05, 0.1) is 19.8 Å². The molecule has 0 fully saturated rings. The van der Waals surface area contributed by atoms with Crippen LogP contribution in [-0.2, 0) is 4.79 Å². The molecule has 0 unspecified atom stereocenters. The minimum atomic E-state index is -0.224. The van der Waals surface area contributed by atoms with Gasteiger partial charge in [-0.05, 0) is 31.2 Å². The van der Waals surface area contributed by atoms with Crippen LogP contribution in [0.3, 0.4) is 0 Å². The molecule has 0 bridgehead atoms. The zero-order valence-corrected chi connectivity index (χ0v) is 12.0. The molecule has 1 N–H and O–H groups in total. The van der Waals surface area contributed by atoms with E-state index in [0.717, 1.165) is 5.56 Å². The third-order valence-electron chi connectivity index (χ3n) is 2.87. The minimum Gasteiger partial charge on any atom is -0.496 e. The van der Waals surface area contributed by atoms with Gasteiger partial charge < -0.3 is 14.7 Å². The smallest absolute Gasteiger partial charge is 0.246 e. The Hall–Kier alpha value is -1.52. The predicted octanol–water partition coefficient (Wildman–Crippen LogP) is 2.20. The number of ether oxygens (including phenoxy) is 1. The summed E-state index contributed by atoms with van der Waals surface area (Å²) < 4.78 is 5.19. The highest BCUT2D eigenvalue weighted by atomic mass is 35.5. The lowest BCUT2D eigenvalue weighted by Gasteiger charge is -2.21. The summed E-state index contributed by atoms with van der Waals surface area (Å²) in [4.78, 5) is 13.3. The second kappa shape index (κ2) is 7.16. The Labute approximate surface area is 118 Å². The van der Waals surface area contributed by atoms with Crippen LogP contribution in [0.4, 0.5) is 0 Å². The van der Waals surface area contributed by atoms with E-state index in [2.05, 4.69) is 0 Å². The fraction of sp³-hybridized carbons (Fsp3) is 0.357. The molecule has 0 aliphatic heterocycles. The van der Waals surface area contributed by atoms with Crippen molar-refractivity contribution in [1.29, 1.82) is 0 Å². The summed E-state index contributed by atoms with van der Waals surface area (Å²) in [6.07, 6.45) is 3.08. The van der Waals surface area contributed by atoms with E-state index in [0.29, 0.717) is 10.8 Å². The molecule has 1 rings (SSSR count). The third kappa shape index (κ3) is 4.26. The topological polar surface area (TPSA) is 49.8 Å². The lowest BCUT2D eigenvalue weighted by atomic mass is 10.2. The van der Waals surface area contributed by atoms with Gasteiger partial charge in [-0.2, -0.15) is 0 Å². The number of likely N-dealkylation sites (N-methyl/N-ethyl adjacent to an activating group) is 1. The molecule has 0 radical (unpaired) electrons. The molecule has 0 spiro atoms. The molecular formula is C14H18ClNO3. The maximum Gasteiger partial charge on any atom is 0.246 e. The number of benzene rings is 1. The number of hydrogen-bond acceptors (Lipinski definition) is 3. The van der Waals surface area contributed by atoms with Crippen molar-refractivity contribution in [3.8, 4) is 5.75 Å². The molecule has 1 aromatic rings. The average molecular weight is 284 g/mol. The van der Waals surface area contributed by atoms with E-state index in [4.69, 9.17) is 21.4 Å². The van der Waals surface area contributed by atoms with Crippen molar-refractivity contribution in [2.75, 3.05) is 20.8 Å². The van der Waals surface area contributed by atoms with Crippen LogP contribution in [0.1, 0.15) is 12.5 Å². The predicted molar refractivity (Wildman–Crippen MR) is 76.4 cm³/mol. The van der Waals surface area contributed by atoms with Crippen molar-refractivity contribution >= 4 is 23.6 Å². The van der Waals surface area contributed by atoms with Crippen LogP contribution in [0.5, 0.6) is 5.75 Å². The number of carbonyl (C=O) groups is 1. The van der Waals surface area contributed by atoms with Crippen LogP contribution in [0.2, 0.25) is 5.02 Å². The van der Waals surface area contributed by atoms with E-state index in [-0.39, 0.29) is 18.6 Å². The highest BCUT2D eigenvalue weighted by molar-refractivity contribution is 6.30. The standard InChI is InChI=1S/C14H18ClNO3/c1-10(9-17)16(2)14(18)7-4-11-8-12(15)5-6-13(11)19-3/h4-8,10,17H,9H2,1-3H3/t10-/m1/s1. The third-order valence-corrected chi connectivity index (χ3v) is 3.11. The van der Waals surface area contributed by atoms with Crippen LogP contribution in [0.25, 0.3) is 6.08 Å². The molecule has 0 aliphatic rings. The molecule has 1 atom stereocenters. The van der Waals surface area contributed by atoms with Crippen molar-refractivity contribution in [3.63, 3.8) is 0 Å². The van der Waals surface area contributed by atoms with Crippen molar-refractivity contribution in [3.05, 3.63) is 34.9 Å². The molecule has 0 heterocycles. The lowest BCUT2D eigenvalue weighted by Crippen LogP contribution is -2.36. The number of hydrogen-bond donors (Lipinski definition) is 1. The number of aliphatic hydroxyl groups is 1. The number of nitrogens with zero attached hydrogens (tertiary/aromatic N) is 1. The summed E-state index contributed by atoms with van der Waals surface area (Å²) in [7, 11) is 3.20. The van der Waals surface area contributed by atoms with E-state index in [9.17, 15) is 4.79 Å². The first kappa shape index (κ1) is 15.5. The van der Waals surface area contributed by atoms with Crippen molar-refractivity contribution < 1.29 is 14.6 Å². The normalized spacial score (nSPS) is 12.5. The second-order valence-electron chi connectivity index (χ2n) is 4.20. The Kier molecular flexibility index (Phi) is 5.86. The molecule has 0 saturated heterocycles. The monoisotopic (exact) mass is 283 g/mol. The summed E-state index contributed by atoms with van der Waals surface area (Å²) in [5, 5.41) is 9.58. The first-order valence-electron chi connectivity index (χ1n) is 5.89. The maximum absolute atomic E-state index is 11.9. The van der Waals surface area contributed by atoms with E-state index in [1.54, 1.807) is 45.4 Å². The fourth-order valence-electron chi connectivity index (χ4n) is 1.45. The number of carbonyl (C=O) groups excluding carboxylic acids is 1. The first-order valence-corrected chi connectivity index (χ1v) is 6.26. The zero-order chi connectivity index (χ0) is 14.4. The summed E-state index contributed by atoms with van der Waals surface area (Å²) in [5.74, 6) is 0.454. The van der Waals surface area contributed by atoms with E-state index >= 15 is 0 Å². The minimum absolute atomic E-state index is 0.0729. The molecule has 1 amide bonds. The van der Waals surface area contributed by atoms with Crippen molar-refractivity contribution in [1.82, 2.24) is 4.90 Å². The molecular weight excluding hydrogens is 266 g/mol. The lowest BCUT2D eigenvalue weighted by molar-refractivity contribution is -0.127. The van der Waals surface area contributed by atoms with E-state index < -0.39 is 0 Å². The summed E-state index contributed by atoms with van der Waals surface area (Å²) in [6.45, 7) is 1.70. The average Bonchev–Trinajstić information content (AvgIpc) is 2.43. The Morgan fingerprint density at radius 3 is 2.84 bits per heavy atom. The van der Waals surface area contributed by atoms with E-state index in [1.165, 1.54) is 11.0 Å². The van der Waals surface area contributed by atoms with Gasteiger partial charge in [0.2, 0.25) is 5.91 Å². The molecule has 19 heavy (non-hydrogen) atoms. The quantitative estimate of drug-likeness (QED) is 0.843. The Balaban J connectivity index is 2.87. The second-order valence-corrected chi connectivity index (χ2v) is 4.64. The van der Waals surface area contributed by atoms with Crippen LogP contribution < -0.4 is 4.74 Å². The highest BCUT2D eigenvalue weighted by Crippen LogP contribution is 2.23. The van der Waals surface area contributed by atoms with Gasteiger partial charge in [0.1, 0.15) is 5.75 Å². The van der Waals surface area contributed by atoms with Gasteiger partial charge in [-0.25, -0.2) is 0 Å². The molecule has 0 aliphatic carbocycles. The van der Waals surface area contributed by atoms with Crippen molar-refractivity contribution in [2.24, 2.45) is 0 Å². The van der Waals surface area contributed by atoms with Gasteiger partial charge in [-0.15, -0.1) is 0 Å². The maximum atomic E-state index is 11.9. The van der Waals surface area contributed by atoms with Crippen LogP contribution in [0.15, 0.2) is 24.3 Å². The molecule has 5 heteroatoms.